The van der Waals surface area contributed by atoms with Crippen LogP contribution in [-0.4, -0.2) is 46.2 Å². The lowest BCUT2D eigenvalue weighted by molar-refractivity contribution is -0.170. The predicted octanol–water partition coefficient (Wildman–Crippen LogP) is 3.65. The highest BCUT2D eigenvalue weighted by molar-refractivity contribution is 6.03. The van der Waals surface area contributed by atoms with Gasteiger partial charge in [0.05, 0.1) is 6.42 Å². The first kappa shape index (κ1) is 31.1. The van der Waals surface area contributed by atoms with E-state index in [4.69, 9.17) is 20.9 Å². The Morgan fingerprint density at radius 3 is 2.14 bits per heavy atom. The van der Waals surface area contributed by atoms with E-state index < -0.39 is 41.1 Å². The van der Waals surface area contributed by atoms with E-state index in [2.05, 4.69) is 12.1 Å². The molecular formula is C27H42N2O7. The first-order valence-electron chi connectivity index (χ1n) is 12.6. The first-order valence-corrected chi connectivity index (χ1v) is 12.6. The van der Waals surface area contributed by atoms with Gasteiger partial charge in [0.1, 0.15) is 11.7 Å². The second-order valence-electron chi connectivity index (χ2n) is 10.2. The van der Waals surface area contributed by atoms with Crippen LogP contribution in [0.4, 0.5) is 0 Å². The number of ether oxygens (including phenoxy) is 2. The number of esters is 2. The number of hydrogen-bond donors (Lipinski definition) is 3. The number of carboxylic acids is 1. The lowest BCUT2D eigenvalue weighted by Gasteiger charge is -2.28. The maximum Gasteiger partial charge on any atom is 0.338 e. The highest BCUT2D eigenvalue weighted by atomic mass is 16.6. The molecule has 0 heterocycles. The lowest BCUT2D eigenvalue weighted by Crippen LogP contribution is -2.57. The average Bonchev–Trinajstić information content (AvgIpc) is 2.77. The van der Waals surface area contributed by atoms with Crippen LogP contribution >= 0.6 is 0 Å². The van der Waals surface area contributed by atoms with Crippen LogP contribution in [0, 0.1) is 0 Å². The zero-order chi connectivity index (χ0) is 27.2. The van der Waals surface area contributed by atoms with Crippen molar-refractivity contribution in [2.75, 3.05) is 0 Å². The summed E-state index contributed by atoms with van der Waals surface area (Å²) in [5, 5.41) is 9.45. The summed E-state index contributed by atoms with van der Waals surface area (Å²) < 4.78 is 10.5. The van der Waals surface area contributed by atoms with Crippen LogP contribution in [0.15, 0.2) is 30.3 Å². The van der Waals surface area contributed by atoms with Gasteiger partial charge in [-0.3, -0.25) is 9.59 Å². The molecule has 0 saturated heterocycles. The molecule has 0 spiro atoms. The van der Waals surface area contributed by atoms with Gasteiger partial charge in [0.25, 0.3) is 0 Å². The van der Waals surface area contributed by atoms with Crippen LogP contribution in [0.1, 0.15) is 90.5 Å². The molecule has 2 atom stereocenters. The second kappa shape index (κ2) is 15.2. The maximum absolute atomic E-state index is 12.3. The average molecular weight is 507 g/mol. The maximum atomic E-state index is 12.3. The number of unbranched alkanes of at least 4 members (excludes halogenated alkanes) is 4. The Kier molecular flexibility index (Phi) is 13.2. The van der Waals surface area contributed by atoms with Gasteiger partial charge in [-0.15, -0.1) is 0 Å². The highest BCUT2D eigenvalue weighted by Gasteiger charge is 2.45. The summed E-state index contributed by atoms with van der Waals surface area (Å²) in [4.78, 5) is 47.6. The molecule has 0 aliphatic heterocycles. The molecule has 0 fully saturated rings. The molecule has 0 aromatic heterocycles. The fraction of sp³-hybridized carbons (Fsp3) is 0.630. The van der Waals surface area contributed by atoms with Crippen molar-refractivity contribution in [1.82, 2.24) is 0 Å². The van der Waals surface area contributed by atoms with Crippen LogP contribution in [0.3, 0.4) is 0 Å². The number of amides is 1. The van der Waals surface area contributed by atoms with Gasteiger partial charge in [0.15, 0.2) is 0 Å². The summed E-state index contributed by atoms with van der Waals surface area (Å²) in [5.41, 5.74) is 9.27. The first-order chi connectivity index (χ1) is 16.8. The largest absolute Gasteiger partial charge is 0.479 e. The molecule has 0 aliphatic carbocycles. The Bertz CT molecular complexity index is 851. The number of primary amides is 1. The molecule has 0 saturated carbocycles. The van der Waals surface area contributed by atoms with Crippen molar-refractivity contribution in [3.8, 4) is 0 Å². The van der Waals surface area contributed by atoms with E-state index in [1.54, 1.807) is 20.8 Å². The van der Waals surface area contributed by atoms with E-state index >= 15 is 0 Å². The number of carbonyl (C=O) groups is 4. The van der Waals surface area contributed by atoms with Crippen molar-refractivity contribution >= 4 is 23.8 Å². The molecule has 9 nitrogen and oxygen atoms in total. The van der Waals surface area contributed by atoms with Gasteiger partial charge in [-0.1, -0.05) is 49.6 Å². The fourth-order valence-corrected chi connectivity index (χ4v) is 3.73. The van der Waals surface area contributed by atoms with Gasteiger partial charge in [0.2, 0.25) is 11.4 Å². The number of nitrogens with two attached hydrogens (primary N) is 2. The smallest absolute Gasteiger partial charge is 0.338 e. The summed E-state index contributed by atoms with van der Waals surface area (Å²) in [6.45, 7) is 4.82. The van der Waals surface area contributed by atoms with E-state index in [1.165, 1.54) is 5.56 Å². The molecule has 0 radical (unpaired) electrons. The van der Waals surface area contributed by atoms with Gasteiger partial charge < -0.3 is 26.0 Å². The predicted molar refractivity (Wildman–Crippen MR) is 136 cm³/mol. The summed E-state index contributed by atoms with van der Waals surface area (Å²) in [6.07, 6.45) is 5.40. The molecule has 1 aromatic carbocycles. The van der Waals surface area contributed by atoms with Crippen LogP contribution in [-0.2, 0) is 35.1 Å². The van der Waals surface area contributed by atoms with E-state index in [1.807, 2.05) is 18.2 Å². The number of aliphatic carboxylic acids is 1. The molecule has 1 amide bonds. The van der Waals surface area contributed by atoms with Crippen molar-refractivity contribution in [3.05, 3.63) is 35.9 Å². The quantitative estimate of drug-likeness (QED) is 0.164. The van der Waals surface area contributed by atoms with Gasteiger partial charge in [0, 0.05) is 6.42 Å². The number of carboxylic acid groups (broad SMARTS) is 1. The standard InChI is InChI=1S/C27H42N2O7/c1-26(2,3)36-25(34)27(29,24(32)33)18-12-17-23(31)35-21(19-22(28)30)16-11-6-4-5-8-13-20-14-9-7-10-15-20/h7,9-10,14-15,21H,4-6,8,11-13,16-19,29H2,1-3H3,(H2,28,30)(H,32,33)/t21-,27?/m0/s1. The Morgan fingerprint density at radius 1 is 0.944 bits per heavy atom. The van der Waals surface area contributed by atoms with Gasteiger partial charge in [-0.2, -0.15) is 0 Å². The van der Waals surface area contributed by atoms with E-state index in [0.29, 0.717) is 6.42 Å². The molecule has 0 bridgehead atoms. The Morgan fingerprint density at radius 2 is 1.56 bits per heavy atom. The zero-order valence-electron chi connectivity index (χ0n) is 21.8. The monoisotopic (exact) mass is 506 g/mol. The number of rotatable bonds is 17. The Balaban J connectivity index is 2.41. The van der Waals surface area contributed by atoms with Crippen molar-refractivity contribution < 1.29 is 33.8 Å². The van der Waals surface area contributed by atoms with Crippen LogP contribution in [0.5, 0.6) is 0 Å². The highest BCUT2D eigenvalue weighted by Crippen LogP contribution is 2.20. The molecule has 202 valence electrons. The minimum Gasteiger partial charge on any atom is -0.479 e. The number of carbonyl (C=O) groups excluding carboxylic acids is 3. The van der Waals surface area contributed by atoms with Gasteiger partial charge in [-0.05, 0) is 64.9 Å². The summed E-state index contributed by atoms with van der Waals surface area (Å²) in [7, 11) is 0. The SMILES string of the molecule is CC(C)(C)OC(=O)C(N)(CCCC(=O)O[C@@H](CCCCCCCc1ccccc1)CC(N)=O)C(=O)O. The zero-order valence-corrected chi connectivity index (χ0v) is 21.8. The third kappa shape index (κ3) is 12.7. The van der Waals surface area contributed by atoms with E-state index in [9.17, 15) is 24.3 Å². The summed E-state index contributed by atoms with van der Waals surface area (Å²) in [5.74, 6) is -3.75. The minimum atomic E-state index is -2.26. The topological polar surface area (TPSA) is 159 Å². The van der Waals surface area contributed by atoms with Gasteiger partial charge in [-0.25, -0.2) is 9.59 Å². The van der Waals surface area contributed by atoms with Crippen molar-refractivity contribution in [1.29, 1.82) is 0 Å². The number of aryl methyl sites for hydroxylation is 1. The molecule has 9 heteroatoms. The fourth-order valence-electron chi connectivity index (χ4n) is 3.73. The lowest BCUT2D eigenvalue weighted by atomic mass is 9.93. The Labute approximate surface area is 213 Å². The number of hydrogen-bond acceptors (Lipinski definition) is 7. The van der Waals surface area contributed by atoms with E-state index in [-0.39, 0.29) is 25.7 Å². The third-order valence-corrected chi connectivity index (χ3v) is 5.66. The Hall–Kier alpha value is -2.94. The minimum absolute atomic E-state index is 0.00554. The van der Waals surface area contributed by atoms with Crippen LogP contribution in [0.25, 0.3) is 0 Å². The van der Waals surface area contributed by atoms with Crippen molar-refractivity contribution in [2.45, 2.75) is 109 Å². The molecular weight excluding hydrogens is 464 g/mol. The summed E-state index contributed by atoms with van der Waals surface area (Å²) >= 11 is 0. The summed E-state index contributed by atoms with van der Waals surface area (Å²) in [6, 6.07) is 10.3. The molecule has 36 heavy (non-hydrogen) atoms. The second-order valence-corrected chi connectivity index (χ2v) is 10.2. The molecule has 5 N–H and O–H groups in total. The molecule has 1 aromatic rings. The normalized spacial score (nSPS) is 13.9. The third-order valence-electron chi connectivity index (χ3n) is 5.66. The van der Waals surface area contributed by atoms with Crippen molar-refractivity contribution in [3.63, 3.8) is 0 Å². The van der Waals surface area contributed by atoms with E-state index in [0.717, 1.165) is 38.5 Å². The van der Waals surface area contributed by atoms with Crippen LogP contribution < -0.4 is 11.5 Å². The molecule has 0 aliphatic rings. The number of benzene rings is 1. The van der Waals surface area contributed by atoms with Crippen molar-refractivity contribution in [2.24, 2.45) is 11.5 Å². The van der Waals surface area contributed by atoms with Gasteiger partial charge >= 0.3 is 17.9 Å². The van der Waals surface area contributed by atoms with Crippen LogP contribution in [0.2, 0.25) is 0 Å². The molecule has 1 rings (SSSR count). The molecule has 1 unspecified atom stereocenters.